The van der Waals surface area contributed by atoms with E-state index in [9.17, 15) is 4.79 Å². The topological polar surface area (TPSA) is 22.0 Å². The van der Waals surface area contributed by atoms with Crippen LogP contribution >= 0.6 is 11.6 Å². The van der Waals surface area contributed by atoms with Gasteiger partial charge in [-0.2, -0.15) is 0 Å². The van der Waals surface area contributed by atoms with Gasteiger partial charge in [0, 0.05) is 11.1 Å². The Kier molecular flexibility index (Phi) is 3.00. The van der Waals surface area contributed by atoms with Crippen LogP contribution in [0.5, 0.6) is 0 Å². The van der Waals surface area contributed by atoms with Crippen molar-refractivity contribution >= 4 is 11.6 Å². The van der Waals surface area contributed by atoms with Crippen LogP contribution in [0.4, 0.5) is 0 Å². The Morgan fingerprint density at radius 1 is 0.957 bits per heavy atom. The van der Waals surface area contributed by atoms with E-state index >= 15 is 0 Å². The van der Waals surface area contributed by atoms with E-state index < -0.39 is 0 Å². The highest BCUT2D eigenvalue weighted by Gasteiger charge is 2.37. The number of hydrogen-bond donors (Lipinski definition) is 0. The van der Waals surface area contributed by atoms with Crippen LogP contribution in [0.1, 0.15) is 25.1 Å². The first-order valence-electron chi connectivity index (χ1n) is 7.63. The van der Waals surface area contributed by atoms with Crippen LogP contribution in [-0.4, -0.2) is 4.57 Å². The predicted octanol–water partition coefficient (Wildman–Crippen LogP) is 4.80. The lowest BCUT2D eigenvalue weighted by atomic mass is 9.83. The number of benzene rings is 2. The van der Waals surface area contributed by atoms with Crippen LogP contribution in [-0.2, 0) is 5.41 Å². The molecular formula is C20H16ClNO. The third kappa shape index (κ3) is 1.91. The van der Waals surface area contributed by atoms with Gasteiger partial charge in [0.15, 0.2) is 0 Å². The molecule has 3 aromatic rings. The van der Waals surface area contributed by atoms with Crippen molar-refractivity contribution in [2.45, 2.75) is 19.3 Å². The Bertz CT molecular complexity index is 971. The van der Waals surface area contributed by atoms with Crippen LogP contribution in [0.3, 0.4) is 0 Å². The van der Waals surface area contributed by atoms with Crippen LogP contribution in [0, 0.1) is 0 Å². The summed E-state index contributed by atoms with van der Waals surface area (Å²) in [5, 5.41) is 0.508. The molecule has 1 aliphatic heterocycles. The van der Waals surface area contributed by atoms with Gasteiger partial charge in [-0.3, -0.25) is 9.36 Å². The summed E-state index contributed by atoms with van der Waals surface area (Å²) in [6.45, 7) is 4.26. The number of hydrogen-bond acceptors (Lipinski definition) is 1. The van der Waals surface area contributed by atoms with Crippen molar-refractivity contribution in [1.29, 1.82) is 0 Å². The van der Waals surface area contributed by atoms with Crippen molar-refractivity contribution < 1.29 is 0 Å². The molecule has 1 aromatic heterocycles. The van der Waals surface area contributed by atoms with E-state index in [2.05, 4.69) is 19.9 Å². The summed E-state index contributed by atoms with van der Waals surface area (Å²) in [4.78, 5) is 13.2. The van der Waals surface area contributed by atoms with E-state index in [0.717, 1.165) is 22.5 Å². The zero-order valence-corrected chi connectivity index (χ0v) is 13.8. The Hall–Kier alpha value is -2.32. The summed E-state index contributed by atoms with van der Waals surface area (Å²) < 4.78 is 1.81. The van der Waals surface area contributed by atoms with Gasteiger partial charge in [-0.25, -0.2) is 0 Å². The summed E-state index contributed by atoms with van der Waals surface area (Å²) in [6.07, 6.45) is 0. The molecule has 0 radical (unpaired) electrons. The average molecular weight is 322 g/mol. The maximum absolute atomic E-state index is 13.2. The van der Waals surface area contributed by atoms with Crippen LogP contribution in [0.15, 0.2) is 65.5 Å². The summed E-state index contributed by atoms with van der Waals surface area (Å²) in [5.74, 6) is 0. The van der Waals surface area contributed by atoms with Crippen molar-refractivity contribution in [3.05, 3.63) is 87.3 Å². The van der Waals surface area contributed by atoms with Crippen LogP contribution in [0.2, 0.25) is 5.02 Å². The Morgan fingerprint density at radius 3 is 2.35 bits per heavy atom. The fraction of sp³-hybridized carbons (Fsp3) is 0.150. The van der Waals surface area contributed by atoms with Crippen LogP contribution < -0.4 is 5.56 Å². The van der Waals surface area contributed by atoms with Gasteiger partial charge in [0.1, 0.15) is 0 Å². The van der Waals surface area contributed by atoms with Crippen LogP contribution in [0.25, 0.3) is 16.8 Å². The van der Waals surface area contributed by atoms with E-state index in [4.69, 9.17) is 11.6 Å². The summed E-state index contributed by atoms with van der Waals surface area (Å²) >= 11 is 6.50. The first kappa shape index (κ1) is 14.3. The van der Waals surface area contributed by atoms with Crippen molar-refractivity contribution in [2.24, 2.45) is 0 Å². The van der Waals surface area contributed by atoms with Gasteiger partial charge < -0.3 is 0 Å². The molecule has 0 bridgehead atoms. The molecule has 4 rings (SSSR count). The van der Waals surface area contributed by atoms with E-state index in [1.54, 1.807) is 0 Å². The molecule has 1 aliphatic rings. The highest BCUT2D eigenvalue weighted by molar-refractivity contribution is 6.33. The van der Waals surface area contributed by atoms with E-state index in [-0.39, 0.29) is 11.0 Å². The van der Waals surface area contributed by atoms with Crippen molar-refractivity contribution in [2.75, 3.05) is 0 Å². The standard InChI is InChI=1S/C20H16ClNO/c1-20(2)14-10-6-7-11-16(14)22-17(20)12-15(21)18(19(22)23)13-8-4-3-5-9-13/h3-12H,1-2H3. The van der Waals surface area contributed by atoms with Crippen molar-refractivity contribution in [3.8, 4) is 16.8 Å². The molecule has 23 heavy (non-hydrogen) atoms. The second-order valence-electron chi connectivity index (χ2n) is 6.40. The first-order chi connectivity index (χ1) is 11.0. The van der Waals surface area contributed by atoms with Crippen molar-refractivity contribution in [1.82, 2.24) is 4.57 Å². The molecule has 3 heteroatoms. The number of nitrogens with zero attached hydrogens (tertiary/aromatic N) is 1. The summed E-state index contributed by atoms with van der Waals surface area (Å²) in [7, 11) is 0. The zero-order chi connectivity index (χ0) is 16.2. The molecule has 0 fully saturated rings. The van der Waals surface area contributed by atoms with Gasteiger partial charge in [-0.15, -0.1) is 0 Å². The molecular weight excluding hydrogens is 306 g/mol. The predicted molar refractivity (Wildman–Crippen MR) is 94.6 cm³/mol. The van der Waals surface area contributed by atoms with Gasteiger partial charge >= 0.3 is 0 Å². The number of para-hydroxylation sites is 1. The van der Waals surface area contributed by atoms with E-state index in [0.29, 0.717) is 10.6 Å². The number of halogens is 1. The van der Waals surface area contributed by atoms with Gasteiger partial charge in [0.2, 0.25) is 0 Å². The molecule has 0 amide bonds. The highest BCUT2D eigenvalue weighted by Crippen LogP contribution is 2.43. The number of fused-ring (bicyclic) bond motifs is 3. The lowest BCUT2D eigenvalue weighted by Gasteiger charge is -2.20. The third-order valence-corrected chi connectivity index (χ3v) is 4.98. The molecule has 0 atom stereocenters. The minimum atomic E-state index is -0.241. The molecule has 0 saturated heterocycles. The van der Waals surface area contributed by atoms with Gasteiger partial charge in [-0.1, -0.05) is 74.0 Å². The molecule has 0 aliphatic carbocycles. The molecule has 0 saturated carbocycles. The minimum absolute atomic E-state index is 0.0586. The maximum atomic E-state index is 13.2. The van der Waals surface area contributed by atoms with Gasteiger partial charge in [-0.05, 0) is 23.3 Å². The Balaban J connectivity index is 2.11. The molecule has 2 nitrogen and oxygen atoms in total. The SMILES string of the molecule is CC1(C)c2ccccc2-n2c1cc(Cl)c(-c1ccccc1)c2=O. The fourth-order valence-corrected chi connectivity index (χ4v) is 3.77. The molecule has 2 aromatic carbocycles. The molecule has 114 valence electrons. The normalized spacial score (nSPS) is 14.4. The average Bonchev–Trinajstić information content (AvgIpc) is 2.77. The summed E-state index contributed by atoms with van der Waals surface area (Å²) in [5.41, 5.74) is 4.15. The Morgan fingerprint density at radius 2 is 1.61 bits per heavy atom. The molecule has 2 heterocycles. The second kappa shape index (κ2) is 4.84. The third-order valence-electron chi connectivity index (χ3n) is 4.68. The molecule has 0 unspecified atom stereocenters. The van der Waals surface area contributed by atoms with Gasteiger partial charge in [0.25, 0.3) is 5.56 Å². The lowest BCUT2D eigenvalue weighted by Crippen LogP contribution is -2.24. The first-order valence-corrected chi connectivity index (χ1v) is 8.01. The molecule has 0 spiro atoms. The quantitative estimate of drug-likeness (QED) is 0.631. The maximum Gasteiger partial charge on any atom is 0.264 e. The minimum Gasteiger partial charge on any atom is -0.279 e. The lowest BCUT2D eigenvalue weighted by molar-refractivity contribution is 0.635. The van der Waals surface area contributed by atoms with E-state index in [1.165, 1.54) is 0 Å². The zero-order valence-electron chi connectivity index (χ0n) is 13.0. The molecule has 0 N–H and O–H groups in total. The van der Waals surface area contributed by atoms with E-state index in [1.807, 2.05) is 59.2 Å². The monoisotopic (exact) mass is 321 g/mol. The largest absolute Gasteiger partial charge is 0.279 e. The number of aromatic nitrogens is 1. The smallest absolute Gasteiger partial charge is 0.264 e. The highest BCUT2D eigenvalue weighted by atomic mass is 35.5. The second-order valence-corrected chi connectivity index (χ2v) is 6.81. The van der Waals surface area contributed by atoms with Gasteiger partial charge in [0.05, 0.1) is 16.3 Å². The van der Waals surface area contributed by atoms with Crippen molar-refractivity contribution in [3.63, 3.8) is 0 Å². The summed E-state index contributed by atoms with van der Waals surface area (Å²) in [6, 6.07) is 19.6. The number of pyridine rings is 1. The Labute approximate surface area is 140 Å². The fourth-order valence-electron chi connectivity index (χ4n) is 3.48. The number of rotatable bonds is 1.